The minimum absolute atomic E-state index is 0.257. The van der Waals surface area contributed by atoms with Crippen molar-refractivity contribution in [1.29, 1.82) is 0 Å². The van der Waals surface area contributed by atoms with Crippen LogP contribution in [0.15, 0.2) is 0 Å². The summed E-state index contributed by atoms with van der Waals surface area (Å²) in [6.45, 7) is -0.854. The maximum absolute atomic E-state index is 13.1. The van der Waals surface area contributed by atoms with Crippen molar-refractivity contribution >= 4 is 5.78 Å². The second-order valence-electron chi connectivity index (χ2n) is 9.56. The molecule has 0 radical (unpaired) electrons. The number of hydrogen-bond acceptors (Lipinski definition) is 23. The van der Waals surface area contributed by atoms with Crippen LogP contribution in [0.3, 0.4) is 0 Å². The Labute approximate surface area is 229 Å². The maximum Gasteiger partial charge on any atom is 0.453 e. The van der Waals surface area contributed by atoms with Crippen molar-refractivity contribution in [2.24, 2.45) is 5.92 Å². The molecule has 23 heteroatoms. The van der Waals surface area contributed by atoms with Gasteiger partial charge in [-0.2, -0.15) is 0 Å². The molecular formula is C19H27NO22. The molecule has 1 aromatic carbocycles. The number of Topliss-reactive ketones (excluding diaryl/α,β-unsaturated/α-hetero) is 1. The Hall–Kier alpha value is -2.63. The molecule has 0 saturated carbocycles. The van der Waals surface area contributed by atoms with Gasteiger partial charge in [0.2, 0.25) is 23.2 Å². The normalized spacial score (nSPS) is 22.5. The molecule has 2 aliphatic rings. The van der Waals surface area contributed by atoms with Crippen molar-refractivity contribution in [2.75, 3.05) is 6.54 Å². The number of ketones is 1. The predicted octanol–water partition coefficient (Wildman–Crippen LogP) is -10.2. The van der Waals surface area contributed by atoms with E-state index < -0.39 is 113 Å². The summed E-state index contributed by atoms with van der Waals surface area (Å²) < 4.78 is 8.40. The van der Waals surface area contributed by atoms with Gasteiger partial charge in [0.25, 0.3) is 5.60 Å². The molecule has 2 atom stereocenters. The average Bonchev–Trinajstić information content (AvgIpc) is 2.74. The Bertz CT molecular complexity index is 1220. The van der Waals surface area contributed by atoms with Crippen LogP contribution in [0.2, 0.25) is 0 Å². The van der Waals surface area contributed by atoms with Crippen LogP contribution in [-0.2, 0) is 11.2 Å². The van der Waals surface area contributed by atoms with Gasteiger partial charge in [0, 0.05) is 24.1 Å². The number of carbonyl (C=O) groups excluding carboxylic acids is 1. The molecule has 2 aliphatic heterocycles. The first-order chi connectivity index (χ1) is 18.5. The van der Waals surface area contributed by atoms with Crippen molar-refractivity contribution in [2.45, 2.75) is 60.4 Å². The van der Waals surface area contributed by atoms with Gasteiger partial charge in [-0.15, -0.1) is 0 Å². The Morgan fingerprint density at radius 3 is 1.55 bits per heavy atom. The molecule has 1 aromatic rings. The third-order valence-electron chi connectivity index (χ3n) is 6.72. The Balaban J connectivity index is 2.25. The van der Waals surface area contributed by atoms with E-state index in [4.69, 9.17) is 15.3 Å². The van der Waals surface area contributed by atoms with Gasteiger partial charge in [0.05, 0.1) is 6.04 Å². The summed E-state index contributed by atoms with van der Waals surface area (Å²) in [5.41, 5.74) is -6.63. The van der Waals surface area contributed by atoms with Gasteiger partial charge in [-0.3, -0.25) is 4.79 Å². The van der Waals surface area contributed by atoms with E-state index in [0.29, 0.717) is 0 Å². The maximum atomic E-state index is 13.1. The molecule has 0 aliphatic carbocycles. The largest absolute Gasteiger partial charge is 0.504 e. The number of aliphatic hydroxyl groups is 17. The third kappa shape index (κ3) is 5.21. The molecule has 1 saturated heterocycles. The van der Waals surface area contributed by atoms with E-state index in [1.54, 1.807) is 0 Å². The topological polar surface area (TPSA) is 423 Å². The van der Waals surface area contributed by atoms with Crippen molar-refractivity contribution in [3.63, 3.8) is 0 Å². The quantitative estimate of drug-likeness (QED) is 0.0945. The monoisotopic (exact) mass is 621 g/mol. The summed E-state index contributed by atoms with van der Waals surface area (Å²) in [6.07, 6.45) is -10.4. The minimum Gasteiger partial charge on any atom is -0.504 e. The summed E-state index contributed by atoms with van der Waals surface area (Å²) in [6, 6.07) is -1.99. The Morgan fingerprint density at radius 1 is 0.714 bits per heavy atom. The van der Waals surface area contributed by atoms with E-state index in [0.717, 1.165) is 0 Å². The number of carbonyl (C=O) groups is 1. The van der Waals surface area contributed by atoms with Crippen molar-refractivity contribution in [1.82, 2.24) is 4.90 Å². The molecule has 2 unspecified atom stereocenters. The van der Waals surface area contributed by atoms with Crippen LogP contribution in [-0.4, -0.2) is 156 Å². The van der Waals surface area contributed by atoms with Crippen LogP contribution in [0.5, 0.6) is 23.0 Å². The van der Waals surface area contributed by atoms with Crippen LogP contribution in [0, 0.1) is 5.92 Å². The highest BCUT2D eigenvalue weighted by Gasteiger charge is 2.79. The molecule has 3 rings (SSSR count). The summed E-state index contributed by atoms with van der Waals surface area (Å²) in [5.74, 6) is -30.5. The lowest BCUT2D eigenvalue weighted by atomic mass is 9.70. The number of ether oxygens (including phenoxy) is 2. The lowest BCUT2D eigenvalue weighted by molar-refractivity contribution is -0.553. The van der Waals surface area contributed by atoms with E-state index in [1.807, 2.05) is 0 Å². The third-order valence-corrected chi connectivity index (χ3v) is 6.72. The van der Waals surface area contributed by atoms with E-state index in [9.17, 15) is 86.5 Å². The fourth-order valence-corrected chi connectivity index (χ4v) is 5.08. The Morgan fingerprint density at radius 2 is 1.14 bits per heavy atom. The lowest BCUT2D eigenvalue weighted by Gasteiger charge is -2.56. The summed E-state index contributed by atoms with van der Waals surface area (Å²) in [7, 11) is 0. The molecule has 23 nitrogen and oxygen atoms in total. The van der Waals surface area contributed by atoms with Crippen LogP contribution in [0.4, 0.5) is 0 Å². The Kier molecular flexibility index (Phi) is 7.81. The molecular weight excluding hydrogens is 594 g/mol. The predicted molar refractivity (Wildman–Crippen MR) is 114 cm³/mol. The number of hydrogen-bond donors (Lipinski definition) is 19. The van der Waals surface area contributed by atoms with Gasteiger partial charge < -0.3 is 106 Å². The average molecular weight is 621 g/mol. The molecule has 240 valence electrons. The minimum atomic E-state index is -5.23. The van der Waals surface area contributed by atoms with Gasteiger partial charge in [0.1, 0.15) is 11.7 Å². The highest BCUT2D eigenvalue weighted by Crippen LogP contribution is 2.58. The number of aromatic hydroxyl groups is 2. The molecule has 0 aromatic heterocycles. The number of phenolic OH excluding ortho intramolecular Hbond substituents is 2. The summed E-state index contributed by atoms with van der Waals surface area (Å²) in [5, 5.41) is 186. The zero-order valence-corrected chi connectivity index (χ0v) is 20.4. The molecule has 0 bridgehead atoms. The van der Waals surface area contributed by atoms with E-state index in [1.165, 1.54) is 0 Å². The first kappa shape index (κ1) is 33.9. The SMILES string of the molecule is O=C1CC2c3c(O)c(OC(O)(O)O)c(OC(O)(O)O)c(O)c3CCN2C(O)(O)C1C(O)(O)C(O)(C(O)(O)O)C(O)(O)O. The van der Waals surface area contributed by atoms with Crippen LogP contribution in [0.1, 0.15) is 23.6 Å². The van der Waals surface area contributed by atoms with Gasteiger partial charge in [-0.25, -0.2) is 4.90 Å². The number of nitrogens with zero attached hydrogens (tertiary/aromatic N) is 1. The second kappa shape index (κ2) is 9.69. The molecule has 19 N–H and O–H groups in total. The number of phenols is 2. The fraction of sp³-hybridized carbons (Fsp3) is 0.632. The summed E-state index contributed by atoms with van der Waals surface area (Å²) >= 11 is 0. The van der Waals surface area contributed by atoms with Crippen LogP contribution < -0.4 is 9.47 Å². The van der Waals surface area contributed by atoms with Gasteiger partial charge in [0.15, 0.2) is 11.5 Å². The van der Waals surface area contributed by atoms with E-state index in [-0.39, 0.29) is 4.90 Å². The zero-order valence-electron chi connectivity index (χ0n) is 20.4. The van der Waals surface area contributed by atoms with Crippen molar-refractivity contribution < 1.29 is 111 Å². The number of fused-ring (bicyclic) bond motifs is 3. The molecule has 0 amide bonds. The fourth-order valence-electron chi connectivity index (χ4n) is 5.08. The molecule has 1 fully saturated rings. The zero-order chi connectivity index (χ0) is 32.8. The molecule has 0 spiro atoms. The second-order valence-corrected chi connectivity index (χ2v) is 9.56. The molecule has 2 heterocycles. The standard InChI is InChI=1S/C19H27NO22/c21-6-3-5-7-4(8(22)10(41-18(35,36)37)11(9(7)23)42-19(38,39)40)1-2-20(5)14(26,27)12(6)13(24,25)15(28,16(29,30)31)17(32,33)34/h5,12,22-40H,1-3H2. The lowest BCUT2D eigenvalue weighted by Crippen LogP contribution is -2.84. The first-order valence-electron chi connectivity index (χ1n) is 11.1. The van der Waals surface area contributed by atoms with Crippen LogP contribution >= 0.6 is 0 Å². The van der Waals surface area contributed by atoms with Gasteiger partial charge in [-0.1, -0.05) is 0 Å². The van der Waals surface area contributed by atoms with Gasteiger partial charge >= 0.3 is 24.3 Å². The first-order valence-corrected chi connectivity index (χ1v) is 11.1. The van der Waals surface area contributed by atoms with E-state index in [2.05, 4.69) is 9.47 Å². The smallest absolute Gasteiger partial charge is 0.453 e. The highest BCUT2D eigenvalue weighted by molar-refractivity contribution is 5.85. The van der Waals surface area contributed by atoms with Gasteiger partial charge in [-0.05, 0) is 6.42 Å². The number of benzene rings is 1. The van der Waals surface area contributed by atoms with Crippen molar-refractivity contribution in [3.8, 4) is 23.0 Å². The highest BCUT2D eigenvalue weighted by atomic mass is 16.9. The van der Waals surface area contributed by atoms with Crippen molar-refractivity contribution in [3.05, 3.63) is 11.1 Å². The summed E-state index contributed by atoms with van der Waals surface area (Å²) in [4.78, 5) is 13.4. The van der Waals surface area contributed by atoms with E-state index >= 15 is 0 Å². The number of rotatable bonds is 8. The molecule has 42 heavy (non-hydrogen) atoms. The van der Waals surface area contributed by atoms with Crippen LogP contribution in [0.25, 0.3) is 0 Å². The number of piperidine rings is 1.